The number of aliphatic hydroxyl groups excluding tert-OH is 1. The van der Waals surface area contributed by atoms with Crippen molar-refractivity contribution in [3.8, 4) is 5.75 Å². The molecule has 0 saturated heterocycles. The minimum atomic E-state index is -1.22. The number of fused-ring (bicyclic) bond motifs is 3. The van der Waals surface area contributed by atoms with Gasteiger partial charge in [-0.1, -0.05) is 32.9 Å². The zero-order valence-electron chi connectivity index (χ0n) is 25.5. The summed E-state index contributed by atoms with van der Waals surface area (Å²) in [5.41, 5.74) is 0.220. The molecule has 1 aromatic rings. The van der Waals surface area contributed by atoms with Crippen LogP contribution in [-0.2, 0) is 28.5 Å². The van der Waals surface area contributed by atoms with E-state index >= 15 is 0 Å². The highest BCUT2D eigenvalue weighted by Gasteiger charge is 2.54. The number of hydrogen-bond acceptors (Lipinski definition) is 9. The van der Waals surface area contributed by atoms with E-state index in [0.717, 1.165) is 19.3 Å². The Balaban J connectivity index is 1.49. The molecule has 2 saturated carbocycles. The molecule has 0 aromatic heterocycles. The summed E-state index contributed by atoms with van der Waals surface area (Å²) in [6.07, 6.45) is 4.22. The molecule has 2 fully saturated rings. The molecular formula is C32H45BO9. The van der Waals surface area contributed by atoms with Gasteiger partial charge in [0.15, 0.2) is 6.61 Å². The predicted molar refractivity (Wildman–Crippen MR) is 157 cm³/mol. The standard InChI is InChI=1S/C32H45BO9/c1-7-31(5)17-27(24-16-32(12-10-19(24)2,13-11-20(3)34)21(4)30(31)37)41-29(36)18-40-22-8-9-23-25(14-22)33(38)42-26(23)15-28(35)39-6/h7-9,14,19,21,24,26-27,30,37-38H,1,10-13,15-18H2,2-6H3/t19-,21+,24?,26?,27-,30+,31-,32-/m1/s1. The summed E-state index contributed by atoms with van der Waals surface area (Å²) in [7, 11) is 0.0726. The Labute approximate surface area is 249 Å². The van der Waals surface area contributed by atoms with Gasteiger partial charge < -0.3 is 33.8 Å². The highest BCUT2D eigenvalue weighted by Crippen LogP contribution is 2.57. The van der Waals surface area contributed by atoms with Gasteiger partial charge in [0.05, 0.1) is 25.7 Å². The molecule has 9 nitrogen and oxygen atoms in total. The number of ether oxygens (including phenoxy) is 3. The average Bonchev–Trinajstić information content (AvgIpc) is 3.27. The van der Waals surface area contributed by atoms with Crippen LogP contribution in [0.3, 0.4) is 0 Å². The number of esters is 2. The van der Waals surface area contributed by atoms with Crippen LogP contribution in [0, 0.1) is 28.6 Å². The van der Waals surface area contributed by atoms with Crippen molar-refractivity contribution >= 4 is 30.3 Å². The fourth-order valence-electron chi connectivity index (χ4n) is 7.43. The van der Waals surface area contributed by atoms with Crippen molar-refractivity contribution in [2.24, 2.45) is 28.6 Å². The Kier molecular flexibility index (Phi) is 9.90. The number of aliphatic hydroxyl groups is 1. The van der Waals surface area contributed by atoms with Crippen molar-refractivity contribution < 1.29 is 43.4 Å². The molecule has 1 heterocycles. The van der Waals surface area contributed by atoms with Gasteiger partial charge in [0.25, 0.3) is 0 Å². The summed E-state index contributed by atoms with van der Waals surface area (Å²) in [5.74, 6) is -0.137. The maximum Gasteiger partial charge on any atom is 0.492 e. The SMILES string of the molecule is C=C[C@]1(C)C[C@@H](OC(=O)COc2ccc3c(c2)B(O)OC3CC(=O)OC)C2C[C@](CCC(C)=O)(CC[C@H]2C)[C@@H](C)[C@@H]1O. The molecule has 4 rings (SSSR count). The largest absolute Gasteiger partial charge is 0.492 e. The van der Waals surface area contributed by atoms with E-state index in [4.69, 9.17) is 18.9 Å². The number of methoxy groups -OCH3 is 1. The third-order valence-corrected chi connectivity index (χ3v) is 10.3. The maximum absolute atomic E-state index is 13.2. The van der Waals surface area contributed by atoms with Crippen LogP contribution in [-0.4, -0.2) is 60.9 Å². The molecule has 8 atom stereocenters. The summed E-state index contributed by atoms with van der Waals surface area (Å²) in [4.78, 5) is 36.9. The maximum atomic E-state index is 13.2. The van der Waals surface area contributed by atoms with Crippen LogP contribution in [0.15, 0.2) is 30.9 Å². The van der Waals surface area contributed by atoms with Gasteiger partial charge >= 0.3 is 19.1 Å². The lowest BCUT2D eigenvalue weighted by atomic mass is 9.51. The van der Waals surface area contributed by atoms with Crippen LogP contribution < -0.4 is 10.2 Å². The van der Waals surface area contributed by atoms with E-state index in [1.54, 1.807) is 31.2 Å². The second-order valence-electron chi connectivity index (χ2n) is 13.0. The third-order valence-electron chi connectivity index (χ3n) is 10.3. The summed E-state index contributed by atoms with van der Waals surface area (Å²) in [6.45, 7) is 11.6. The van der Waals surface area contributed by atoms with Crippen LogP contribution in [0.5, 0.6) is 5.75 Å². The second-order valence-corrected chi connectivity index (χ2v) is 13.0. The molecular weight excluding hydrogens is 539 g/mol. The van der Waals surface area contributed by atoms with Gasteiger partial charge in [-0.2, -0.15) is 0 Å². The molecule has 1 aromatic carbocycles. The molecule has 0 amide bonds. The summed E-state index contributed by atoms with van der Waals surface area (Å²) < 4.78 is 22.1. The number of benzene rings is 1. The van der Waals surface area contributed by atoms with Crippen molar-refractivity contribution in [2.75, 3.05) is 13.7 Å². The number of rotatable bonds is 10. The first-order valence-electron chi connectivity index (χ1n) is 15.0. The van der Waals surface area contributed by atoms with E-state index in [1.165, 1.54) is 7.11 Å². The van der Waals surface area contributed by atoms with Gasteiger partial charge in [-0.25, -0.2) is 4.79 Å². The molecule has 2 aliphatic carbocycles. The van der Waals surface area contributed by atoms with Gasteiger partial charge in [-0.15, -0.1) is 6.58 Å². The summed E-state index contributed by atoms with van der Waals surface area (Å²) in [6, 6.07) is 4.96. The Morgan fingerprint density at radius 3 is 2.62 bits per heavy atom. The first-order chi connectivity index (χ1) is 19.8. The number of Topliss-reactive ketones (excluding diaryl/α,β-unsaturated/α-hetero) is 1. The first kappa shape index (κ1) is 32.2. The van der Waals surface area contributed by atoms with Crippen molar-refractivity contribution in [3.63, 3.8) is 0 Å². The third kappa shape index (κ3) is 6.61. The van der Waals surface area contributed by atoms with Crippen molar-refractivity contribution in [1.29, 1.82) is 0 Å². The van der Waals surface area contributed by atoms with Crippen LogP contribution >= 0.6 is 0 Å². The van der Waals surface area contributed by atoms with Gasteiger partial charge in [-0.05, 0) is 85.4 Å². The minimum absolute atomic E-state index is 0.0266. The monoisotopic (exact) mass is 584 g/mol. The van der Waals surface area contributed by atoms with E-state index < -0.39 is 42.8 Å². The molecule has 0 spiro atoms. The Morgan fingerprint density at radius 1 is 1.21 bits per heavy atom. The smallest absolute Gasteiger partial charge is 0.482 e. The summed E-state index contributed by atoms with van der Waals surface area (Å²) >= 11 is 0. The molecule has 42 heavy (non-hydrogen) atoms. The number of carbonyl (C=O) groups excluding carboxylic acids is 3. The molecule has 2 unspecified atom stereocenters. The molecule has 10 heteroatoms. The predicted octanol–water partition coefficient (Wildman–Crippen LogP) is 3.68. The zero-order chi connectivity index (χ0) is 30.8. The van der Waals surface area contributed by atoms with Gasteiger partial charge in [0.1, 0.15) is 17.6 Å². The van der Waals surface area contributed by atoms with Gasteiger partial charge in [0.2, 0.25) is 0 Å². The number of hydrogen-bond donors (Lipinski definition) is 2. The number of carbonyl (C=O) groups is 3. The highest BCUT2D eigenvalue weighted by molar-refractivity contribution is 6.61. The second kappa shape index (κ2) is 12.9. The van der Waals surface area contributed by atoms with Crippen molar-refractivity contribution in [1.82, 2.24) is 0 Å². The lowest BCUT2D eigenvalue weighted by Gasteiger charge is -2.55. The molecule has 0 radical (unpaired) electrons. The fourth-order valence-corrected chi connectivity index (χ4v) is 7.43. The molecule has 1 aliphatic heterocycles. The first-order valence-corrected chi connectivity index (χ1v) is 15.0. The van der Waals surface area contributed by atoms with E-state index in [1.807, 2.05) is 6.92 Å². The van der Waals surface area contributed by atoms with Crippen LogP contribution in [0.1, 0.15) is 84.3 Å². The van der Waals surface area contributed by atoms with Crippen LogP contribution in [0.25, 0.3) is 0 Å². The van der Waals surface area contributed by atoms with Crippen molar-refractivity contribution in [3.05, 3.63) is 36.4 Å². The summed E-state index contributed by atoms with van der Waals surface area (Å²) in [5, 5.41) is 22.0. The van der Waals surface area contributed by atoms with E-state index in [0.29, 0.717) is 42.0 Å². The average molecular weight is 585 g/mol. The Hall–Kier alpha value is -2.69. The van der Waals surface area contributed by atoms with Gasteiger partial charge in [0, 0.05) is 11.8 Å². The normalized spacial score (nSPS) is 34.0. The van der Waals surface area contributed by atoms with E-state index in [9.17, 15) is 24.5 Å². The van der Waals surface area contributed by atoms with Crippen LogP contribution in [0.2, 0.25) is 0 Å². The fraction of sp³-hybridized carbons (Fsp3) is 0.656. The van der Waals surface area contributed by atoms with Gasteiger partial charge in [-0.3, -0.25) is 4.79 Å². The Morgan fingerprint density at radius 2 is 1.95 bits per heavy atom. The molecule has 2 bridgehead atoms. The zero-order valence-corrected chi connectivity index (χ0v) is 25.5. The van der Waals surface area contributed by atoms with Crippen LogP contribution in [0.4, 0.5) is 0 Å². The Bertz CT molecular complexity index is 1190. The lowest BCUT2D eigenvalue weighted by molar-refractivity contribution is -0.171. The molecule has 3 aliphatic rings. The topological polar surface area (TPSA) is 129 Å². The molecule has 230 valence electrons. The minimum Gasteiger partial charge on any atom is -0.482 e. The quantitative estimate of drug-likeness (QED) is 0.240. The van der Waals surface area contributed by atoms with E-state index in [-0.39, 0.29) is 36.1 Å². The lowest BCUT2D eigenvalue weighted by Crippen LogP contribution is -2.54. The number of ketones is 1. The van der Waals surface area contributed by atoms with E-state index in [2.05, 4.69) is 20.4 Å². The highest BCUT2D eigenvalue weighted by atomic mass is 16.6. The van der Waals surface area contributed by atoms with Crippen molar-refractivity contribution in [2.45, 2.75) is 91.0 Å². The molecule has 2 N–H and O–H groups in total.